The number of nitrogens with zero attached hydrogens (tertiary/aromatic N) is 4. The van der Waals surface area contributed by atoms with Crippen molar-refractivity contribution < 1.29 is 14.0 Å². The van der Waals surface area contributed by atoms with Crippen molar-refractivity contribution in [3.05, 3.63) is 42.1 Å². The number of hydrogen-bond donors (Lipinski definition) is 2. The Morgan fingerprint density at radius 2 is 1.96 bits per heavy atom. The number of aromatic nitrogens is 2. The number of urea groups is 1. The minimum Gasteiger partial charge on any atom is -0.352 e. The number of carbonyl (C=O) groups is 2. The van der Waals surface area contributed by atoms with Crippen LogP contribution in [0.3, 0.4) is 0 Å². The molecule has 1 aromatic carbocycles. The third-order valence-corrected chi connectivity index (χ3v) is 4.75. The van der Waals surface area contributed by atoms with Gasteiger partial charge in [-0.2, -0.15) is 0 Å². The van der Waals surface area contributed by atoms with E-state index in [4.69, 9.17) is 0 Å². The van der Waals surface area contributed by atoms with Crippen LogP contribution in [0, 0.1) is 5.82 Å². The highest BCUT2D eigenvalue weighted by atomic mass is 19.1. The molecule has 0 atom stereocenters. The predicted octanol–water partition coefficient (Wildman–Crippen LogP) is 1.85. The van der Waals surface area contributed by atoms with Gasteiger partial charge in [-0.1, -0.05) is 0 Å². The molecule has 2 N–H and O–H groups in total. The molecule has 1 saturated heterocycles. The average Bonchev–Trinajstić information content (AvgIpc) is 2.69. The number of carbonyl (C=O) groups excluding carboxylic acids is 2. The molecule has 1 fully saturated rings. The number of benzene rings is 1. The van der Waals surface area contributed by atoms with Gasteiger partial charge < -0.3 is 20.4 Å². The number of amides is 3. The van der Waals surface area contributed by atoms with Gasteiger partial charge in [0.2, 0.25) is 5.91 Å². The number of nitrogens with one attached hydrogen (secondary N) is 2. The number of rotatable bonds is 2. The molecular weight excluding hydrogens is 351 g/mol. The minimum absolute atomic E-state index is 0.137. The van der Waals surface area contributed by atoms with Gasteiger partial charge in [0.1, 0.15) is 11.6 Å². The summed E-state index contributed by atoms with van der Waals surface area (Å²) in [4.78, 5) is 36.3. The first-order chi connectivity index (χ1) is 13.1. The Balaban J connectivity index is 1.43. The van der Waals surface area contributed by atoms with Crippen LogP contribution in [-0.2, 0) is 11.2 Å². The number of piperazine rings is 1. The molecule has 8 nitrogen and oxygen atoms in total. The highest BCUT2D eigenvalue weighted by molar-refractivity contribution is 6.01. The van der Waals surface area contributed by atoms with Crippen molar-refractivity contribution in [2.24, 2.45) is 0 Å². The molecule has 2 aliphatic heterocycles. The van der Waals surface area contributed by atoms with Crippen molar-refractivity contribution >= 4 is 29.1 Å². The monoisotopic (exact) mass is 370 g/mol. The molecular formula is C18H19FN6O2. The smallest absolute Gasteiger partial charge is 0.322 e. The van der Waals surface area contributed by atoms with Crippen LogP contribution in [0.15, 0.2) is 30.7 Å². The van der Waals surface area contributed by atoms with E-state index < -0.39 is 5.82 Å². The van der Waals surface area contributed by atoms with Gasteiger partial charge >= 0.3 is 6.03 Å². The third kappa shape index (κ3) is 3.67. The van der Waals surface area contributed by atoms with E-state index in [2.05, 4.69) is 25.5 Å². The Morgan fingerprint density at radius 3 is 2.70 bits per heavy atom. The molecule has 4 rings (SSSR count). The van der Waals surface area contributed by atoms with E-state index in [1.54, 1.807) is 23.5 Å². The second-order valence-corrected chi connectivity index (χ2v) is 6.50. The van der Waals surface area contributed by atoms with E-state index in [1.807, 2.05) is 0 Å². The van der Waals surface area contributed by atoms with E-state index in [-0.39, 0.29) is 11.9 Å². The maximum atomic E-state index is 13.9. The fraction of sp³-hybridized carbons (Fsp3) is 0.333. The molecule has 1 aromatic heterocycles. The Labute approximate surface area is 155 Å². The lowest BCUT2D eigenvalue weighted by molar-refractivity contribution is -0.116. The molecule has 2 aromatic rings. The van der Waals surface area contributed by atoms with Gasteiger partial charge in [-0.25, -0.2) is 14.2 Å². The predicted molar refractivity (Wildman–Crippen MR) is 98.2 cm³/mol. The van der Waals surface area contributed by atoms with E-state index in [1.165, 1.54) is 12.1 Å². The summed E-state index contributed by atoms with van der Waals surface area (Å²) >= 11 is 0. The Hall–Kier alpha value is -3.23. The van der Waals surface area contributed by atoms with Crippen LogP contribution in [-0.4, -0.2) is 53.0 Å². The van der Waals surface area contributed by atoms with Gasteiger partial charge in [0.05, 0.1) is 17.6 Å². The number of halogens is 1. The van der Waals surface area contributed by atoms with E-state index in [9.17, 15) is 14.0 Å². The molecule has 3 amide bonds. The molecule has 27 heavy (non-hydrogen) atoms. The number of fused-ring (bicyclic) bond motifs is 1. The average molecular weight is 370 g/mol. The summed E-state index contributed by atoms with van der Waals surface area (Å²) in [5, 5.41) is 5.47. The minimum atomic E-state index is -0.437. The maximum Gasteiger partial charge on any atom is 0.322 e. The Bertz CT molecular complexity index is 868. The molecule has 140 valence electrons. The molecule has 2 aliphatic rings. The standard InChI is InChI=1S/C18H19FN6O2/c19-13-9-12-1-2-16(26)23-17(12)14(10-13)22-18(27)25-7-5-24(6-8-25)15-11-20-3-4-21-15/h3-4,9-11H,1-2,5-8H2,(H,22,27)(H,23,26). The van der Waals surface area contributed by atoms with Gasteiger partial charge in [0.25, 0.3) is 0 Å². The molecule has 0 bridgehead atoms. The zero-order chi connectivity index (χ0) is 18.8. The summed E-state index contributed by atoms with van der Waals surface area (Å²) < 4.78 is 13.9. The lowest BCUT2D eigenvalue weighted by atomic mass is 10.0. The van der Waals surface area contributed by atoms with Crippen LogP contribution in [0.4, 0.5) is 26.4 Å². The van der Waals surface area contributed by atoms with Crippen molar-refractivity contribution in [3.63, 3.8) is 0 Å². The largest absolute Gasteiger partial charge is 0.352 e. The van der Waals surface area contributed by atoms with Crippen LogP contribution >= 0.6 is 0 Å². The van der Waals surface area contributed by atoms with Crippen molar-refractivity contribution in [1.29, 1.82) is 0 Å². The molecule has 0 saturated carbocycles. The van der Waals surface area contributed by atoms with E-state index >= 15 is 0 Å². The van der Waals surface area contributed by atoms with Crippen LogP contribution in [0.5, 0.6) is 0 Å². The summed E-state index contributed by atoms with van der Waals surface area (Å²) in [6.07, 6.45) is 5.71. The molecule has 9 heteroatoms. The van der Waals surface area contributed by atoms with Crippen LogP contribution in [0.1, 0.15) is 12.0 Å². The van der Waals surface area contributed by atoms with Crippen molar-refractivity contribution in [2.45, 2.75) is 12.8 Å². The van der Waals surface area contributed by atoms with E-state index in [0.717, 1.165) is 5.82 Å². The first kappa shape index (κ1) is 17.2. The second-order valence-electron chi connectivity index (χ2n) is 6.50. The van der Waals surface area contributed by atoms with Crippen molar-refractivity contribution in [2.75, 3.05) is 41.7 Å². The molecule has 0 spiro atoms. The van der Waals surface area contributed by atoms with E-state index in [0.29, 0.717) is 56.0 Å². The van der Waals surface area contributed by atoms with Crippen molar-refractivity contribution in [3.8, 4) is 0 Å². The highest BCUT2D eigenvalue weighted by Gasteiger charge is 2.25. The van der Waals surface area contributed by atoms with Crippen LogP contribution in [0.25, 0.3) is 0 Å². The van der Waals surface area contributed by atoms with Gasteiger partial charge in [-0.15, -0.1) is 0 Å². The fourth-order valence-electron chi connectivity index (χ4n) is 3.34. The summed E-state index contributed by atoms with van der Waals surface area (Å²) in [6, 6.07) is 2.31. The summed E-state index contributed by atoms with van der Waals surface area (Å²) in [5.74, 6) is 0.203. The zero-order valence-electron chi connectivity index (χ0n) is 14.6. The van der Waals surface area contributed by atoms with Gasteiger partial charge in [0.15, 0.2) is 0 Å². The van der Waals surface area contributed by atoms with Crippen molar-refractivity contribution in [1.82, 2.24) is 14.9 Å². The lowest BCUT2D eigenvalue weighted by Crippen LogP contribution is -2.50. The van der Waals surface area contributed by atoms with Gasteiger partial charge in [-0.3, -0.25) is 9.78 Å². The van der Waals surface area contributed by atoms with Gasteiger partial charge in [0, 0.05) is 45.0 Å². The fourth-order valence-corrected chi connectivity index (χ4v) is 3.34. The topological polar surface area (TPSA) is 90.5 Å². The highest BCUT2D eigenvalue weighted by Crippen LogP contribution is 2.32. The van der Waals surface area contributed by atoms with Crippen LogP contribution < -0.4 is 15.5 Å². The molecule has 0 unspecified atom stereocenters. The first-order valence-corrected chi connectivity index (χ1v) is 8.79. The first-order valence-electron chi connectivity index (χ1n) is 8.79. The number of hydrogen-bond acceptors (Lipinski definition) is 5. The Morgan fingerprint density at radius 1 is 1.15 bits per heavy atom. The lowest BCUT2D eigenvalue weighted by Gasteiger charge is -2.35. The second kappa shape index (κ2) is 7.18. The zero-order valence-corrected chi connectivity index (χ0v) is 14.6. The van der Waals surface area contributed by atoms with Gasteiger partial charge in [-0.05, 0) is 24.1 Å². The van der Waals surface area contributed by atoms with Crippen LogP contribution in [0.2, 0.25) is 0 Å². The summed E-state index contributed by atoms with van der Waals surface area (Å²) in [6.45, 7) is 2.27. The Kier molecular flexibility index (Phi) is 4.57. The molecule has 0 radical (unpaired) electrons. The molecule has 0 aliphatic carbocycles. The summed E-state index contributed by atoms with van der Waals surface area (Å²) in [7, 11) is 0. The normalized spacial score (nSPS) is 16.6. The quantitative estimate of drug-likeness (QED) is 0.842. The molecule has 3 heterocycles. The number of anilines is 3. The third-order valence-electron chi connectivity index (χ3n) is 4.75. The summed E-state index contributed by atoms with van der Waals surface area (Å²) in [5.41, 5.74) is 1.47. The number of aryl methyl sites for hydroxylation is 1. The SMILES string of the molecule is O=C1CCc2cc(F)cc(NC(=O)N3CCN(c4cnccn4)CC3)c2N1. The maximum absolute atomic E-state index is 13.9.